The summed E-state index contributed by atoms with van der Waals surface area (Å²) in [7, 11) is 0. The minimum atomic E-state index is -0.679. The molecule has 0 aliphatic carbocycles. The van der Waals surface area contributed by atoms with Gasteiger partial charge in [0, 0.05) is 46.8 Å². The summed E-state index contributed by atoms with van der Waals surface area (Å²) in [4.78, 5) is 47.4. The van der Waals surface area contributed by atoms with Crippen LogP contribution >= 0.6 is 0 Å². The Morgan fingerprint density at radius 1 is 0.500 bits per heavy atom. The van der Waals surface area contributed by atoms with E-state index in [2.05, 4.69) is 23.8 Å². The first-order valence-corrected chi connectivity index (χ1v) is 15.2. The minimum absolute atomic E-state index is 0.121. The zero-order valence-corrected chi connectivity index (χ0v) is 26.6. The minimum Gasteiger partial charge on any atom is -0.460 e. The summed E-state index contributed by atoms with van der Waals surface area (Å²) in [6.07, 6.45) is 0.801. The largest absolute Gasteiger partial charge is 0.460 e. The number of rotatable bonds is 22. The maximum atomic E-state index is 12.7. The van der Waals surface area contributed by atoms with Crippen molar-refractivity contribution in [3.8, 4) is 11.5 Å². The third kappa shape index (κ3) is 13.0. The van der Waals surface area contributed by atoms with E-state index in [4.69, 9.17) is 37.9 Å². The molecule has 0 saturated carbocycles. The zero-order chi connectivity index (χ0) is 34.4. The Morgan fingerprint density at radius 3 is 1.15 bits per heavy atom. The standard InChI is InChI=1S/C34H40N2O12/c1-3-29(37)45-23-21-43-19-17-41-15-13-35-33(39)47-31-25-9-5-7-11-27(25)32(28-12-8-6-10-26(28)31)48-34(40)36-14-16-42-18-20-44-22-24-46-30(38)4-2/h3-12H,1-2,13-24H2,(H,35,39)(H,36,40). The van der Waals surface area contributed by atoms with Crippen molar-refractivity contribution in [1.82, 2.24) is 10.6 Å². The molecule has 48 heavy (non-hydrogen) atoms. The number of hydrogen-bond acceptors (Lipinski definition) is 12. The first-order valence-electron chi connectivity index (χ1n) is 15.2. The van der Waals surface area contributed by atoms with Gasteiger partial charge in [-0.15, -0.1) is 0 Å². The number of carbonyl (C=O) groups excluding carboxylic acids is 4. The Labute approximate surface area is 277 Å². The van der Waals surface area contributed by atoms with Crippen molar-refractivity contribution in [3.05, 3.63) is 73.8 Å². The van der Waals surface area contributed by atoms with E-state index in [9.17, 15) is 19.2 Å². The maximum Gasteiger partial charge on any atom is 0.412 e. The Kier molecular flexibility index (Phi) is 16.9. The molecule has 2 N–H and O–H groups in total. The first-order chi connectivity index (χ1) is 23.4. The normalized spacial score (nSPS) is 10.7. The van der Waals surface area contributed by atoms with Crippen molar-refractivity contribution in [2.24, 2.45) is 0 Å². The van der Waals surface area contributed by atoms with E-state index < -0.39 is 24.1 Å². The number of fused-ring (bicyclic) bond motifs is 2. The lowest BCUT2D eigenvalue weighted by atomic mass is 10.0. The second-order valence-electron chi connectivity index (χ2n) is 9.57. The van der Waals surface area contributed by atoms with Gasteiger partial charge in [0.2, 0.25) is 0 Å². The maximum absolute atomic E-state index is 12.7. The average molecular weight is 669 g/mol. The number of nitrogens with one attached hydrogen (secondary N) is 2. The monoisotopic (exact) mass is 668 g/mol. The molecule has 14 heteroatoms. The predicted molar refractivity (Wildman–Crippen MR) is 175 cm³/mol. The summed E-state index contributed by atoms with van der Waals surface area (Å²) in [6, 6.07) is 14.3. The fourth-order valence-electron chi connectivity index (χ4n) is 4.14. The highest BCUT2D eigenvalue weighted by atomic mass is 16.6. The Bertz CT molecular complexity index is 1360. The van der Waals surface area contributed by atoms with Gasteiger partial charge in [-0.1, -0.05) is 61.7 Å². The molecule has 3 rings (SSSR count). The van der Waals surface area contributed by atoms with Crippen LogP contribution in [0.1, 0.15) is 0 Å². The van der Waals surface area contributed by atoms with Crippen molar-refractivity contribution < 1.29 is 57.1 Å². The molecule has 14 nitrogen and oxygen atoms in total. The van der Waals surface area contributed by atoms with Crippen LogP contribution in [-0.4, -0.2) is 103 Å². The van der Waals surface area contributed by atoms with E-state index in [0.29, 0.717) is 46.3 Å². The van der Waals surface area contributed by atoms with E-state index in [1.54, 1.807) is 48.5 Å². The van der Waals surface area contributed by atoms with Crippen molar-refractivity contribution in [1.29, 1.82) is 0 Å². The molecule has 0 aliphatic heterocycles. The highest BCUT2D eigenvalue weighted by Crippen LogP contribution is 2.42. The smallest absolute Gasteiger partial charge is 0.412 e. The van der Waals surface area contributed by atoms with E-state index in [0.717, 1.165) is 12.2 Å². The molecule has 2 amide bonds. The lowest BCUT2D eigenvalue weighted by Crippen LogP contribution is -2.31. The van der Waals surface area contributed by atoms with Crippen LogP contribution in [0.3, 0.4) is 0 Å². The van der Waals surface area contributed by atoms with Gasteiger partial charge in [0.05, 0.1) is 52.9 Å². The summed E-state index contributed by atoms with van der Waals surface area (Å²) in [5.74, 6) is -0.398. The number of ether oxygens (including phenoxy) is 8. The van der Waals surface area contributed by atoms with Crippen molar-refractivity contribution in [2.75, 3.05) is 79.2 Å². The Hall–Kier alpha value is -5.02. The molecular formula is C34H40N2O12. The molecule has 3 aromatic rings. The van der Waals surface area contributed by atoms with Crippen LogP contribution in [0.4, 0.5) is 9.59 Å². The van der Waals surface area contributed by atoms with Gasteiger partial charge in [0.1, 0.15) is 24.7 Å². The third-order valence-corrected chi connectivity index (χ3v) is 6.27. The fraction of sp³-hybridized carbons (Fsp3) is 0.353. The molecule has 258 valence electrons. The molecule has 0 heterocycles. The van der Waals surface area contributed by atoms with Gasteiger partial charge in [-0.2, -0.15) is 0 Å². The van der Waals surface area contributed by atoms with E-state index >= 15 is 0 Å². The van der Waals surface area contributed by atoms with Crippen molar-refractivity contribution in [2.45, 2.75) is 0 Å². The van der Waals surface area contributed by atoms with Crippen molar-refractivity contribution in [3.63, 3.8) is 0 Å². The predicted octanol–water partition coefficient (Wildman–Crippen LogP) is 3.69. The van der Waals surface area contributed by atoms with Crippen LogP contribution in [0, 0.1) is 0 Å². The Balaban J connectivity index is 1.46. The first kappa shape index (κ1) is 37.4. The van der Waals surface area contributed by atoms with Crippen LogP contribution in [0.25, 0.3) is 21.5 Å². The zero-order valence-electron chi connectivity index (χ0n) is 26.6. The van der Waals surface area contributed by atoms with Gasteiger partial charge >= 0.3 is 24.1 Å². The molecule has 0 atom stereocenters. The van der Waals surface area contributed by atoms with Crippen LogP contribution in [0.15, 0.2) is 73.8 Å². The molecule has 0 aromatic heterocycles. The fourth-order valence-corrected chi connectivity index (χ4v) is 4.14. The lowest BCUT2D eigenvalue weighted by Gasteiger charge is -2.17. The van der Waals surface area contributed by atoms with Gasteiger partial charge < -0.3 is 48.5 Å². The van der Waals surface area contributed by atoms with Crippen molar-refractivity contribution >= 4 is 45.7 Å². The Morgan fingerprint density at radius 2 is 0.812 bits per heavy atom. The molecule has 0 radical (unpaired) electrons. The van der Waals surface area contributed by atoms with Gasteiger partial charge in [0.15, 0.2) is 0 Å². The molecule has 3 aromatic carbocycles. The molecule has 0 saturated heterocycles. The average Bonchev–Trinajstić information content (AvgIpc) is 3.10. The number of hydrogen-bond donors (Lipinski definition) is 2. The number of benzene rings is 3. The topological polar surface area (TPSA) is 166 Å². The van der Waals surface area contributed by atoms with Crippen LogP contribution in [-0.2, 0) is 38.0 Å². The summed E-state index contributed by atoms with van der Waals surface area (Å²) in [5.41, 5.74) is 0. The van der Waals surface area contributed by atoms with Gasteiger partial charge in [-0.25, -0.2) is 19.2 Å². The van der Waals surface area contributed by atoms with Crippen LogP contribution < -0.4 is 20.1 Å². The second kappa shape index (κ2) is 21.7. The summed E-state index contributed by atoms with van der Waals surface area (Å²) < 4.78 is 42.6. The van der Waals surface area contributed by atoms with Gasteiger partial charge in [-0.3, -0.25) is 0 Å². The molecule has 0 spiro atoms. The van der Waals surface area contributed by atoms with Gasteiger partial charge in [-0.05, 0) is 0 Å². The highest BCUT2D eigenvalue weighted by Gasteiger charge is 2.20. The SMILES string of the molecule is C=CC(=O)OCCOCCOCCNC(=O)Oc1c2ccccc2c(OC(=O)NCCOCCOCCOC(=O)C=C)c2ccccc12. The quantitative estimate of drug-likeness (QED) is 0.0691. The summed E-state index contributed by atoms with van der Waals surface area (Å²) >= 11 is 0. The molecule has 0 bridgehead atoms. The molecular weight excluding hydrogens is 628 g/mol. The van der Waals surface area contributed by atoms with E-state index in [-0.39, 0.29) is 65.9 Å². The van der Waals surface area contributed by atoms with Gasteiger partial charge in [0.25, 0.3) is 0 Å². The van der Waals surface area contributed by atoms with Crippen LogP contribution in [0.5, 0.6) is 11.5 Å². The molecule has 0 unspecified atom stereocenters. The summed E-state index contributed by atoms with van der Waals surface area (Å²) in [6.45, 7) is 9.32. The van der Waals surface area contributed by atoms with E-state index in [1.165, 1.54) is 0 Å². The number of carbonyl (C=O) groups is 4. The van der Waals surface area contributed by atoms with Crippen LogP contribution in [0.2, 0.25) is 0 Å². The number of amides is 2. The third-order valence-electron chi connectivity index (χ3n) is 6.27. The molecule has 0 fully saturated rings. The second-order valence-corrected chi connectivity index (χ2v) is 9.57. The molecule has 0 aliphatic rings. The van der Waals surface area contributed by atoms with E-state index in [1.807, 2.05) is 0 Å². The number of esters is 2. The highest BCUT2D eigenvalue weighted by molar-refractivity contribution is 6.12. The lowest BCUT2D eigenvalue weighted by molar-refractivity contribution is -0.140. The summed E-state index contributed by atoms with van der Waals surface area (Å²) in [5, 5.41) is 7.62.